The maximum Gasteiger partial charge on any atom is 0.253 e. The second-order valence-electron chi connectivity index (χ2n) is 6.45. The number of carbonyl (C=O) groups excluding carboxylic acids is 1. The van der Waals surface area contributed by atoms with Gasteiger partial charge in [-0.1, -0.05) is 0 Å². The summed E-state index contributed by atoms with van der Waals surface area (Å²) in [7, 11) is -3.53. The van der Waals surface area contributed by atoms with E-state index in [4.69, 9.17) is 4.74 Å². The molecule has 2 aromatic carbocycles. The first-order valence-electron chi connectivity index (χ1n) is 8.93. The Morgan fingerprint density at radius 2 is 1.67 bits per heavy atom. The van der Waals surface area contributed by atoms with Gasteiger partial charge in [0.15, 0.2) is 9.84 Å². The van der Waals surface area contributed by atoms with Gasteiger partial charge in [0.1, 0.15) is 11.6 Å². The topological polar surface area (TPSA) is 63.7 Å². The molecule has 2 aromatic rings. The summed E-state index contributed by atoms with van der Waals surface area (Å²) in [4.78, 5) is 14.4. The minimum Gasteiger partial charge on any atom is -0.494 e. The molecule has 0 spiro atoms. The van der Waals surface area contributed by atoms with Crippen LogP contribution in [0.15, 0.2) is 53.4 Å². The van der Waals surface area contributed by atoms with Gasteiger partial charge in [-0.3, -0.25) is 4.79 Å². The summed E-state index contributed by atoms with van der Waals surface area (Å²) in [6.45, 7) is 3.20. The van der Waals surface area contributed by atoms with Crippen molar-refractivity contribution in [2.24, 2.45) is 0 Å². The maximum atomic E-state index is 13.0. The Morgan fingerprint density at radius 1 is 1.07 bits per heavy atom. The first-order chi connectivity index (χ1) is 12.9. The number of carbonyl (C=O) groups is 1. The van der Waals surface area contributed by atoms with Gasteiger partial charge in [-0.25, -0.2) is 12.8 Å². The zero-order valence-electron chi connectivity index (χ0n) is 15.1. The van der Waals surface area contributed by atoms with Gasteiger partial charge in [-0.15, -0.1) is 0 Å². The van der Waals surface area contributed by atoms with Crippen molar-refractivity contribution in [3.8, 4) is 5.75 Å². The van der Waals surface area contributed by atoms with E-state index in [0.29, 0.717) is 43.9 Å². The first kappa shape index (κ1) is 19.4. The second kappa shape index (κ2) is 8.08. The lowest BCUT2D eigenvalue weighted by atomic mass is 10.1. The number of likely N-dealkylation sites (tertiary alicyclic amines) is 1. The highest BCUT2D eigenvalue weighted by Crippen LogP contribution is 2.26. The van der Waals surface area contributed by atoms with E-state index in [2.05, 4.69) is 0 Å². The van der Waals surface area contributed by atoms with E-state index in [1.165, 1.54) is 12.1 Å². The Morgan fingerprint density at radius 3 is 2.22 bits per heavy atom. The summed E-state index contributed by atoms with van der Waals surface area (Å²) in [5.74, 6) is 0.124. The number of nitrogens with zero attached hydrogens (tertiary/aromatic N) is 1. The van der Waals surface area contributed by atoms with Crippen LogP contribution in [0.3, 0.4) is 0 Å². The van der Waals surface area contributed by atoms with Crippen molar-refractivity contribution in [2.75, 3.05) is 19.7 Å². The van der Waals surface area contributed by atoms with Crippen LogP contribution in [0.2, 0.25) is 0 Å². The van der Waals surface area contributed by atoms with E-state index in [9.17, 15) is 17.6 Å². The summed E-state index contributed by atoms with van der Waals surface area (Å²) in [5.41, 5.74) is 0.554. The molecule has 1 aliphatic heterocycles. The Hall–Kier alpha value is -2.41. The molecule has 144 valence electrons. The van der Waals surface area contributed by atoms with Crippen LogP contribution in [0.1, 0.15) is 30.1 Å². The van der Waals surface area contributed by atoms with E-state index in [1.807, 2.05) is 6.92 Å². The number of benzene rings is 2. The second-order valence-corrected chi connectivity index (χ2v) is 8.68. The van der Waals surface area contributed by atoms with Crippen LogP contribution in [-0.4, -0.2) is 44.2 Å². The molecule has 5 nitrogen and oxygen atoms in total. The molecule has 27 heavy (non-hydrogen) atoms. The van der Waals surface area contributed by atoms with Crippen LogP contribution in [0.5, 0.6) is 5.75 Å². The van der Waals surface area contributed by atoms with Gasteiger partial charge >= 0.3 is 0 Å². The fraction of sp³-hybridized carbons (Fsp3) is 0.350. The lowest BCUT2D eigenvalue weighted by molar-refractivity contribution is 0.0725. The number of halogens is 1. The van der Waals surface area contributed by atoms with Crippen molar-refractivity contribution in [2.45, 2.75) is 29.9 Å². The molecule has 1 saturated heterocycles. The van der Waals surface area contributed by atoms with Crippen molar-refractivity contribution in [3.63, 3.8) is 0 Å². The molecule has 7 heteroatoms. The minimum absolute atomic E-state index is 0.115. The van der Waals surface area contributed by atoms with Gasteiger partial charge in [0.05, 0.1) is 16.8 Å². The molecule has 3 rings (SSSR count). The highest BCUT2D eigenvalue weighted by Gasteiger charge is 2.33. The zero-order valence-corrected chi connectivity index (χ0v) is 15.9. The fourth-order valence-corrected chi connectivity index (χ4v) is 4.96. The zero-order chi connectivity index (χ0) is 19.4. The molecule has 0 saturated carbocycles. The molecule has 0 bridgehead atoms. The van der Waals surface area contributed by atoms with Crippen LogP contribution < -0.4 is 4.74 Å². The van der Waals surface area contributed by atoms with Gasteiger partial charge in [0, 0.05) is 18.7 Å². The smallest absolute Gasteiger partial charge is 0.253 e. The van der Waals surface area contributed by atoms with Crippen LogP contribution in [-0.2, 0) is 9.84 Å². The Balaban J connectivity index is 1.64. The third-order valence-corrected chi connectivity index (χ3v) is 7.00. The Bertz CT molecular complexity index is 887. The molecule has 0 unspecified atom stereocenters. The monoisotopic (exact) mass is 391 g/mol. The molecule has 0 radical (unpaired) electrons. The van der Waals surface area contributed by atoms with Crippen molar-refractivity contribution >= 4 is 15.7 Å². The third-order valence-electron chi connectivity index (χ3n) is 4.72. The van der Waals surface area contributed by atoms with Gasteiger partial charge in [0.25, 0.3) is 5.91 Å². The van der Waals surface area contributed by atoms with Crippen LogP contribution in [0.4, 0.5) is 4.39 Å². The van der Waals surface area contributed by atoms with Crippen LogP contribution in [0, 0.1) is 5.82 Å². The molecule has 1 amide bonds. The molecular weight excluding hydrogens is 369 g/mol. The van der Waals surface area contributed by atoms with Crippen molar-refractivity contribution in [1.29, 1.82) is 0 Å². The van der Waals surface area contributed by atoms with Gasteiger partial charge in [0.2, 0.25) is 0 Å². The molecule has 0 aromatic heterocycles. The van der Waals surface area contributed by atoms with E-state index >= 15 is 0 Å². The summed E-state index contributed by atoms with van der Waals surface area (Å²) < 4.78 is 43.8. The van der Waals surface area contributed by atoms with E-state index < -0.39 is 20.9 Å². The van der Waals surface area contributed by atoms with E-state index in [0.717, 1.165) is 12.1 Å². The number of sulfone groups is 1. The van der Waals surface area contributed by atoms with Gasteiger partial charge < -0.3 is 9.64 Å². The quantitative estimate of drug-likeness (QED) is 0.734. The third kappa shape index (κ3) is 4.30. The fourth-order valence-electron chi connectivity index (χ4n) is 3.23. The number of hydrogen-bond acceptors (Lipinski definition) is 4. The summed E-state index contributed by atoms with van der Waals surface area (Å²) >= 11 is 0. The summed E-state index contributed by atoms with van der Waals surface area (Å²) in [6, 6.07) is 11.8. The highest BCUT2D eigenvalue weighted by molar-refractivity contribution is 7.92. The average Bonchev–Trinajstić information content (AvgIpc) is 2.69. The normalized spacial score (nSPS) is 15.6. The highest BCUT2D eigenvalue weighted by atomic mass is 32.2. The van der Waals surface area contributed by atoms with Crippen molar-refractivity contribution in [1.82, 2.24) is 4.90 Å². The van der Waals surface area contributed by atoms with Crippen LogP contribution in [0.25, 0.3) is 0 Å². The van der Waals surface area contributed by atoms with Gasteiger partial charge in [-0.05, 0) is 68.3 Å². The SMILES string of the molecule is CCOc1ccc(C(=O)N2CCC(S(=O)(=O)c3ccc(F)cc3)CC2)cc1. The number of rotatable bonds is 5. The Labute approximate surface area is 158 Å². The van der Waals surface area contributed by atoms with Crippen molar-refractivity contribution < 1.29 is 22.3 Å². The molecule has 1 heterocycles. The molecule has 1 fully saturated rings. The predicted molar refractivity (Wildman–Crippen MR) is 100 cm³/mol. The van der Waals surface area contributed by atoms with E-state index in [-0.39, 0.29) is 10.8 Å². The molecule has 0 aliphatic carbocycles. The molecule has 0 N–H and O–H groups in total. The number of hydrogen-bond donors (Lipinski definition) is 0. The van der Waals surface area contributed by atoms with E-state index in [1.54, 1.807) is 29.2 Å². The minimum atomic E-state index is -3.53. The number of ether oxygens (including phenoxy) is 1. The number of amides is 1. The summed E-state index contributed by atoms with van der Waals surface area (Å²) in [5, 5.41) is -0.563. The number of piperidine rings is 1. The molecule has 0 atom stereocenters. The van der Waals surface area contributed by atoms with Gasteiger partial charge in [-0.2, -0.15) is 0 Å². The Kier molecular flexibility index (Phi) is 5.79. The lowest BCUT2D eigenvalue weighted by Crippen LogP contribution is -2.42. The average molecular weight is 391 g/mol. The predicted octanol–water partition coefficient (Wildman–Crippen LogP) is 3.30. The van der Waals surface area contributed by atoms with Crippen molar-refractivity contribution in [3.05, 3.63) is 59.9 Å². The standard InChI is InChI=1S/C20H22FNO4S/c1-2-26-17-7-3-15(4-8-17)20(23)22-13-11-19(12-14-22)27(24,25)18-9-5-16(21)6-10-18/h3-10,19H,2,11-14H2,1H3. The maximum absolute atomic E-state index is 13.0. The van der Waals surface area contributed by atoms with Crippen LogP contribution >= 0.6 is 0 Å². The molecular formula is C20H22FNO4S. The largest absolute Gasteiger partial charge is 0.494 e. The first-order valence-corrected chi connectivity index (χ1v) is 10.5. The lowest BCUT2D eigenvalue weighted by Gasteiger charge is -2.31. The molecule has 1 aliphatic rings. The summed E-state index contributed by atoms with van der Waals surface area (Å²) in [6.07, 6.45) is 0.727.